The average Bonchev–Trinajstić information content (AvgIpc) is 2.75. The lowest BCUT2D eigenvalue weighted by Gasteiger charge is -2.21. The molecule has 0 saturated heterocycles. The van der Waals surface area contributed by atoms with Crippen LogP contribution in [0.5, 0.6) is 0 Å². The number of nitrogens with one attached hydrogen (secondary N) is 2. The van der Waals surface area contributed by atoms with E-state index in [0.717, 1.165) is 32.1 Å². The number of carbonyl (C=O) groups excluding carboxylic acids is 2. The van der Waals surface area contributed by atoms with Crippen LogP contribution >= 0.6 is 15.9 Å². The largest absolute Gasteiger partial charge is 0.321 e. The van der Waals surface area contributed by atoms with Crippen molar-refractivity contribution in [3.8, 4) is 0 Å². The van der Waals surface area contributed by atoms with Gasteiger partial charge in [0.05, 0.1) is 10.6 Å². The maximum atomic E-state index is 13.0. The lowest BCUT2D eigenvalue weighted by molar-refractivity contribution is -0.384. The molecular formula is C22H22BrN3O4. The van der Waals surface area contributed by atoms with E-state index >= 15 is 0 Å². The maximum absolute atomic E-state index is 13.0. The minimum atomic E-state index is -0.502. The molecule has 0 heterocycles. The van der Waals surface area contributed by atoms with Gasteiger partial charge < -0.3 is 10.6 Å². The van der Waals surface area contributed by atoms with Crippen LogP contribution < -0.4 is 10.6 Å². The molecule has 7 nitrogen and oxygen atoms in total. The second-order valence-corrected chi connectivity index (χ2v) is 8.02. The van der Waals surface area contributed by atoms with Crippen LogP contribution in [0.4, 0.5) is 11.4 Å². The van der Waals surface area contributed by atoms with Gasteiger partial charge in [0.25, 0.3) is 11.6 Å². The number of benzene rings is 2. The molecule has 0 atom stereocenters. The van der Waals surface area contributed by atoms with Gasteiger partial charge in [-0.05, 0) is 52.5 Å². The first kappa shape index (κ1) is 21.7. The van der Waals surface area contributed by atoms with E-state index in [1.807, 2.05) is 6.07 Å². The van der Waals surface area contributed by atoms with Gasteiger partial charge >= 0.3 is 0 Å². The molecule has 1 saturated carbocycles. The van der Waals surface area contributed by atoms with Crippen molar-refractivity contribution in [3.05, 3.63) is 74.4 Å². The number of rotatable bonds is 6. The Kier molecular flexibility index (Phi) is 7.35. The number of hydrogen-bond donors (Lipinski definition) is 2. The number of para-hydroxylation sites is 1. The molecule has 2 N–H and O–H groups in total. The molecule has 1 aliphatic carbocycles. The van der Waals surface area contributed by atoms with Gasteiger partial charge in [-0.25, -0.2) is 0 Å². The zero-order valence-corrected chi connectivity index (χ0v) is 17.9. The Balaban J connectivity index is 1.88. The first-order valence-electron chi connectivity index (χ1n) is 9.77. The number of amides is 2. The summed E-state index contributed by atoms with van der Waals surface area (Å²) in [5.41, 5.74) is 0.958. The SMILES string of the molecule is O=C(Nc1ccccc1Br)/C(=C/c1cccc([N+](=O)[O-])c1)NC(=O)C1CCCCC1. The minimum Gasteiger partial charge on any atom is -0.321 e. The fourth-order valence-electron chi connectivity index (χ4n) is 3.41. The van der Waals surface area contributed by atoms with E-state index in [2.05, 4.69) is 26.6 Å². The van der Waals surface area contributed by atoms with Crippen LogP contribution in [0.2, 0.25) is 0 Å². The summed E-state index contributed by atoms with van der Waals surface area (Å²) in [4.78, 5) is 36.3. The molecule has 3 rings (SSSR count). The van der Waals surface area contributed by atoms with Crippen LogP contribution in [0.3, 0.4) is 0 Å². The molecule has 2 amide bonds. The number of nitro benzene ring substituents is 1. The van der Waals surface area contributed by atoms with Crippen molar-refractivity contribution in [1.82, 2.24) is 5.32 Å². The normalized spacial score (nSPS) is 14.8. The molecular weight excluding hydrogens is 450 g/mol. The van der Waals surface area contributed by atoms with E-state index in [9.17, 15) is 19.7 Å². The van der Waals surface area contributed by atoms with Crippen molar-refractivity contribution in [2.45, 2.75) is 32.1 Å². The number of halogens is 1. The average molecular weight is 472 g/mol. The summed E-state index contributed by atoms with van der Waals surface area (Å²) < 4.78 is 0.701. The van der Waals surface area contributed by atoms with E-state index in [-0.39, 0.29) is 23.2 Å². The summed E-state index contributed by atoms with van der Waals surface area (Å²) in [5.74, 6) is -0.838. The summed E-state index contributed by atoms with van der Waals surface area (Å²) in [6.07, 6.45) is 6.14. The van der Waals surface area contributed by atoms with Crippen LogP contribution in [0, 0.1) is 16.0 Å². The molecule has 2 aromatic carbocycles. The molecule has 0 radical (unpaired) electrons. The Morgan fingerprint density at radius 3 is 2.50 bits per heavy atom. The molecule has 8 heteroatoms. The minimum absolute atomic E-state index is 0.0434. The van der Waals surface area contributed by atoms with Crippen LogP contribution in [0.15, 0.2) is 58.7 Å². The van der Waals surface area contributed by atoms with Gasteiger partial charge in [0, 0.05) is 22.5 Å². The fraction of sp³-hybridized carbons (Fsp3) is 0.273. The summed E-state index contributed by atoms with van der Waals surface area (Å²) in [6.45, 7) is 0. The van der Waals surface area contributed by atoms with Gasteiger partial charge in [0.15, 0.2) is 0 Å². The number of nitrogens with zero attached hydrogens (tertiary/aromatic N) is 1. The third-order valence-corrected chi connectivity index (χ3v) is 5.68. The van der Waals surface area contributed by atoms with Crippen molar-refractivity contribution in [2.75, 3.05) is 5.32 Å². The van der Waals surface area contributed by atoms with E-state index in [4.69, 9.17) is 0 Å². The van der Waals surface area contributed by atoms with Gasteiger partial charge in [-0.3, -0.25) is 19.7 Å². The van der Waals surface area contributed by atoms with Gasteiger partial charge in [-0.1, -0.05) is 43.5 Å². The summed E-state index contributed by atoms with van der Waals surface area (Å²) in [5, 5.41) is 16.6. The highest BCUT2D eigenvalue weighted by Gasteiger charge is 2.24. The van der Waals surface area contributed by atoms with Gasteiger partial charge in [-0.15, -0.1) is 0 Å². The number of non-ortho nitro benzene ring substituents is 1. The molecule has 0 aromatic heterocycles. The molecule has 0 bridgehead atoms. The summed E-state index contributed by atoms with van der Waals surface area (Å²) in [7, 11) is 0. The quantitative estimate of drug-likeness (QED) is 0.350. The van der Waals surface area contributed by atoms with E-state index in [1.165, 1.54) is 24.3 Å². The highest BCUT2D eigenvalue weighted by Crippen LogP contribution is 2.25. The predicted octanol–water partition coefficient (Wildman–Crippen LogP) is 5.03. The molecule has 1 aliphatic rings. The Labute approximate surface area is 182 Å². The van der Waals surface area contributed by atoms with Gasteiger partial charge in [0.1, 0.15) is 5.70 Å². The number of nitro groups is 1. The van der Waals surface area contributed by atoms with Crippen LogP contribution in [0.25, 0.3) is 6.08 Å². The number of hydrogen-bond acceptors (Lipinski definition) is 4. The Morgan fingerprint density at radius 1 is 1.07 bits per heavy atom. The Bertz CT molecular complexity index is 984. The molecule has 156 valence electrons. The van der Waals surface area contributed by atoms with Crippen LogP contribution in [0.1, 0.15) is 37.7 Å². The lowest BCUT2D eigenvalue weighted by atomic mass is 9.88. The number of carbonyl (C=O) groups is 2. The summed E-state index contributed by atoms with van der Waals surface area (Å²) >= 11 is 3.38. The van der Waals surface area contributed by atoms with Crippen LogP contribution in [-0.4, -0.2) is 16.7 Å². The number of anilines is 1. The molecule has 2 aromatic rings. The maximum Gasteiger partial charge on any atom is 0.272 e. The molecule has 0 unspecified atom stereocenters. The smallest absolute Gasteiger partial charge is 0.272 e. The van der Waals surface area contributed by atoms with E-state index in [1.54, 1.807) is 24.3 Å². The third kappa shape index (κ3) is 5.76. The topological polar surface area (TPSA) is 101 Å². The van der Waals surface area contributed by atoms with Crippen LogP contribution in [-0.2, 0) is 9.59 Å². The predicted molar refractivity (Wildman–Crippen MR) is 119 cm³/mol. The first-order valence-corrected chi connectivity index (χ1v) is 10.6. The van der Waals surface area contributed by atoms with Crippen molar-refractivity contribution >= 4 is 45.2 Å². The van der Waals surface area contributed by atoms with Crippen molar-refractivity contribution < 1.29 is 14.5 Å². The van der Waals surface area contributed by atoms with Crippen molar-refractivity contribution in [2.24, 2.45) is 5.92 Å². The monoisotopic (exact) mass is 471 g/mol. The molecule has 0 aliphatic heterocycles. The van der Waals surface area contributed by atoms with Crippen molar-refractivity contribution in [3.63, 3.8) is 0 Å². The highest BCUT2D eigenvalue weighted by molar-refractivity contribution is 9.10. The zero-order valence-electron chi connectivity index (χ0n) is 16.3. The lowest BCUT2D eigenvalue weighted by Crippen LogP contribution is -2.35. The van der Waals surface area contributed by atoms with E-state index in [0.29, 0.717) is 15.7 Å². The molecule has 1 fully saturated rings. The fourth-order valence-corrected chi connectivity index (χ4v) is 3.79. The summed E-state index contributed by atoms with van der Waals surface area (Å²) in [6, 6.07) is 13.0. The van der Waals surface area contributed by atoms with E-state index < -0.39 is 10.8 Å². The standard InChI is InChI=1S/C22H22BrN3O4/c23-18-11-4-5-12-19(18)24-22(28)20(25-21(27)16-8-2-1-3-9-16)14-15-7-6-10-17(13-15)26(29)30/h4-7,10-14,16H,1-3,8-9H2,(H,24,28)(H,25,27)/b20-14-. The highest BCUT2D eigenvalue weighted by atomic mass is 79.9. The van der Waals surface area contributed by atoms with Crippen molar-refractivity contribution in [1.29, 1.82) is 0 Å². The third-order valence-electron chi connectivity index (χ3n) is 4.99. The van der Waals surface area contributed by atoms with Gasteiger partial charge in [-0.2, -0.15) is 0 Å². The van der Waals surface area contributed by atoms with Gasteiger partial charge in [0.2, 0.25) is 5.91 Å². The Hall–Kier alpha value is -3.00. The molecule has 30 heavy (non-hydrogen) atoms. The second kappa shape index (κ2) is 10.2. The molecule has 0 spiro atoms. The zero-order chi connectivity index (χ0) is 21.5. The second-order valence-electron chi connectivity index (χ2n) is 7.17. The Morgan fingerprint density at radius 2 is 1.80 bits per heavy atom. The first-order chi connectivity index (χ1) is 14.4.